The average Bonchev–Trinajstić information content (AvgIpc) is 2.09. The van der Waals surface area contributed by atoms with Crippen LogP contribution >= 0.6 is 0 Å². The Morgan fingerprint density at radius 3 is 2.77 bits per heavy atom. The van der Waals surface area contributed by atoms with Crippen LogP contribution in [0.3, 0.4) is 0 Å². The molecule has 0 saturated heterocycles. The highest BCUT2D eigenvalue weighted by Crippen LogP contribution is 2.29. The topological polar surface area (TPSA) is 40.5 Å². The van der Waals surface area contributed by atoms with E-state index in [0.29, 0.717) is 6.42 Å². The van der Waals surface area contributed by atoms with E-state index in [1.807, 2.05) is 19.1 Å². The van der Waals surface area contributed by atoms with E-state index in [1.165, 1.54) is 0 Å². The van der Waals surface area contributed by atoms with Crippen LogP contribution in [-0.2, 0) is 0 Å². The van der Waals surface area contributed by atoms with Gasteiger partial charge in [0, 0.05) is 12.3 Å². The van der Waals surface area contributed by atoms with Crippen molar-refractivity contribution >= 4 is 0 Å². The average molecular weight is 184 g/mol. The van der Waals surface area contributed by atoms with Gasteiger partial charge in [-0.05, 0) is 6.42 Å². The summed E-state index contributed by atoms with van der Waals surface area (Å²) in [7, 11) is 0. The molecule has 0 bridgehead atoms. The zero-order valence-corrected chi connectivity index (χ0v) is 8.53. The lowest BCUT2D eigenvalue weighted by Crippen LogP contribution is -2.37. The van der Waals surface area contributed by atoms with Crippen LogP contribution in [-0.4, -0.2) is 21.9 Å². The van der Waals surface area contributed by atoms with E-state index in [1.54, 1.807) is 0 Å². The van der Waals surface area contributed by atoms with E-state index in [4.69, 9.17) is 0 Å². The first-order valence-electron chi connectivity index (χ1n) is 5.17. The minimum atomic E-state index is -0.748. The molecule has 2 nitrogen and oxygen atoms in total. The fourth-order valence-electron chi connectivity index (χ4n) is 1.74. The van der Waals surface area contributed by atoms with E-state index in [2.05, 4.69) is 6.92 Å². The molecule has 0 saturated carbocycles. The molecule has 1 aliphatic carbocycles. The van der Waals surface area contributed by atoms with Gasteiger partial charge in [0.05, 0.1) is 11.7 Å². The lowest BCUT2D eigenvalue weighted by atomic mass is 9.81. The van der Waals surface area contributed by atoms with Gasteiger partial charge in [0.1, 0.15) is 0 Å². The van der Waals surface area contributed by atoms with E-state index in [9.17, 15) is 10.2 Å². The molecule has 0 fully saturated rings. The Morgan fingerprint density at radius 2 is 2.23 bits per heavy atom. The van der Waals surface area contributed by atoms with Gasteiger partial charge in [-0.25, -0.2) is 0 Å². The number of hydrogen-bond acceptors (Lipinski definition) is 2. The predicted molar refractivity (Wildman–Crippen MR) is 53.4 cm³/mol. The lowest BCUT2D eigenvalue weighted by Gasteiger charge is -2.33. The second kappa shape index (κ2) is 4.25. The summed E-state index contributed by atoms with van der Waals surface area (Å²) in [5.74, 6) is 0.182. The highest BCUT2D eigenvalue weighted by Gasteiger charge is 2.32. The summed E-state index contributed by atoms with van der Waals surface area (Å²) in [6.07, 6.45) is 6.76. The minimum absolute atomic E-state index is 0.182. The van der Waals surface area contributed by atoms with Crippen LogP contribution in [0.25, 0.3) is 0 Å². The fourth-order valence-corrected chi connectivity index (χ4v) is 1.74. The van der Waals surface area contributed by atoms with Crippen molar-refractivity contribution in [1.29, 1.82) is 0 Å². The third-order valence-corrected chi connectivity index (χ3v) is 2.84. The highest BCUT2D eigenvalue weighted by atomic mass is 16.3. The van der Waals surface area contributed by atoms with Gasteiger partial charge in [0.15, 0.2) is 0 Å². The van der Waals surface area contributed by atoms with Crippen molar-refractivity contribution < 1.29 is 10.2 Å². The van der Waals surface area contributed by atoms with E-state index >= 15 is 0 Å². The smallest absolute Gasteiger partial charge is 0.0852 e. The van der Waals surface area contributed by atoms with Gasteiger partial charge in [-0.15, -0.1) is 0 Å². The molecule has 76 valence electrons. The Labute approximate surface area is 80.3 Å². The van der Waals surface area contributed by atoms with Crippen molar-refractivity contribution in [1.82, 2.24) is 0 Å². The van der Waals surface area contributed by atoms with Gasteiger partial charge in [0.2, 0.25) is 0 Å². The molecule has 0 spiro atoms. The summed E-state index contributed by atoms with van der Waals surface area (Å²) in [5, 5.41) is 19.6. The zero-order chi connectivity index (χ0) is 9.90. The Bertz CT molecular complexity index is 189. The van der Waals surface area contributed by atoms with Crippen LogP contribution in [0, 0.1) is 5.92 Å². The first-order valence-corrected chi connectivity index (χ1v) is 5.17. The Hall–Kier alpha value is -0.340. The van der Waals surface area contributed by atoms with E-state index in [0.717, 1.165) is 19.3 Å². The zero-order valence-electron chi connectivity index (χ0n) is 8.53. The third kappa shape index (κ3) is 2.82. The van der Waals surface area contributed by atoms with Gasteiger partial charge < -0.3 is 10.2 Å². The Kier molecular flexibility index (Phi) is 3.51. The second-order valence-corrected chi connectivity index (χ2v) is 4.20. The first-order chi connectivity index (χ1) is 6.07. The summed E-state index contributed by atoms with van der Waals surface area (Å²) in [6.45, 7) is 4.08. The molecule has 1 rings (SSSR count). The van der Waals surface area contributed by atoms with Crippen LogP contribution in [0.4, 0.5) is 0 Å². The molecular formula is C11H20O2. The monoisotopic (exact) mass is 184 g/mol. The molecule has 2 heteroatoms. The first kappa shape index (κ1) is 10.7. The van der Waals surface area contributed by atoms with E-state index < -0.39 is 5.60 Å². The Morgan fingerprint density at radius 1 is 1.54 bits per heavy atom. The number of aliphatic hydroxyl groups is 2. The van der Waals surface area contributed by atoms with Gasteiger partial charge in [0.25, 0.3) is 0 Å². The largest absolute Gasteiger partial charge is 0.392 e. The maximum absolute atomic E-state index is 10.0. The molecule has 1 aliphatic rings. The maximum Gasteiger partial charge on any atom is 0.0852 e. The maximum atomic E-state index is 10.0. The quantitative estimate of drug-likeness (QED) is 0.657. The van der Waals surface area contributed by atoms with Crippen molar-refractivity contribution in [3.05, 3.63) is 12.2 Å². The molecule has 2 N–H and O–H groups in total. The standard InChI is InChI=1S/C11H20O2/c1-3-4-6-11(13)7-5-9(2)10(12)8-11/h5,7,9-10,12-13H,3-4,6,8H2,1-2H3/t9-,10+,11-/m0/s1. The normalized spacial score (nSPS) is 39.4. The molecule has 3 atom stereocenters. The van der Waals surface area contributed by atoms with Gasteiger partial charge in [-0.3, -0.25) is 0 Å². The molecule has 0 aromatic rings. The van der Waals surface area contributed by atoms with Crippen molar-refractivity contribution in [2.24, 2.45) is 5.92 Å². The molecular weight excluding hydrogens is 164 g/mol. The third-order valence-electron chi connectivity index (χ3n) is 2.84. The van der Waals surface area contributed by atoms with Crippen molar-refractivity contribution in [2.75, 3.05) is 0 Å². The van der Waals surface area contributed by atoms with Crippen molar-refractivity contribution in [2.45, 2.75) is 51.2 Å². The molecule has 0 unspecified atom stereocenters. The molecule has 0 aromatic carbocycles. The van der Waals surface area contributed by atoms with Crippen molar-refractivity contribution in [3.8, 4) is 0 Å². The summed E-state index contributed by atoms with van der Waals surface area (Å²) in [4.78, 5) is 0. The highest BCUT2D eigenvalue weighted by molar-refractivity contribution is 5.09. The fraction of sp³-hybridized carbons (Fsp3) is 0.818. The summed E-state index contributed by atoms with van der Waals surface area (Å²) in [5.41, 5.74) is -0.748. The second-order valence-electron chi connectivity index (χ2n) is 4.20. The van der Waals surface area contributed by atoms with Crippen LogP contribution in [0.5, 0.6) is 0 Å². The van der Waals surface area contributed by atoms with E-state index in [-0.39, 0.29) is 12.0 Å². The van der Waals surface area contributed by atoms with Crippen LogP contribution < -0.4 is 0 Å². The lowest BCUT2D eigenvalue weighted by molar-refractivity contribution is -0.00350. The molecule has 0 aliphatic heterocycles. The molecule has 0 aromatic heterocycles. The SMILES string of the molecule is CCCC[C@]1(O)C=C[C@H](C)[C@H](O)C1. The predicted octanol–water partition coefficient (Wildman–Crippen LogP) is 1.86. The molecule has 13 heavy (non-hydrogen) atoms. The minimum Gasteiger partial charge on any atom is -0.392 e. The summed E-state index contributed by atoms with van der Waals surface area (Å²) in [6, 6.07) is 0. The number of rotatable bonds is 3. The number of aliphatic hydroxyl groups excluding tert-OH is 1. The molecule has 0 heterocycles. The van der Waals surface area contributed by atoms with Gasteiger partial charge in [-0.1, -0.05) is 38.8 Å². The van der Waals surface area contributed by atoms with Gasteiger partial charge in [-0.2, -0.15) is 0 Å². The number of hydrogen-bond donors (Lipinski definition) is 2. The van der Waals surface area contributed by atoms with Crippen LogP contribution in [0.1, 0.15) is 39.5 Å². The van der Waals surface area contributed by atoms with Crippen LogP contribution in [0.2, 0.25) is 0 Å². The van der Waals surface area contributed by atoms with Gasteiger partial charge >= 0.3 is 0 Å². The van der Waals surface area contributed by atoms with Crippen LogP contribution in [0.15, 0.2) is 12.2 Å². The molecule has 0 radical (unpaired) electrons. The summed E-state index contributed by atoms with van der Waals surface area (Å²) < 4.78 is 0. The summed E-state index contributed by atoms with van der Waals surface area (Å²) >= 11 is 0. The molecule has 0 amide bonds. The Balaban J connectivity index is 2.55. The number of unbranched alkanes of at least 4 members (excludes halogenated alkanes) is 1. The van der Waals surface area contributed by atoms with Crippen molar-refractivity contribution in [3.63, 3.8) is 0 Å².